The number of amides is 1. The van der Waals surface area contributed by atoms with E-state index in [0.29, 0.717) is 47.4 Å². The molecule has 1 N–H and O–H groups in total. The van der Waals surface area contributed by atoms with Crippen LogP contribution in [0.2, 0.25) is 0 Å². The van der Waals surface area contributed by atoms with E-state index in [-0.39, 0.29) is 17.5 Å². The first kappa shape index (κ1) is 22.3. The van der Waals surface area contributed by atoms with E-state index >= 15 is 0 Å². The average molecular weight is 475 g/mol. The molecule has 1 atom stereocenters. The highest BCUT2D eigenvalue weighted by Gasteiger charge is 2.32. The minimum atomic E-state index is -0.180. The number of rotatable bonds is 6. The van der Waals surface area contributed by atoms with Crippen molar-refractivity contribution in [1.82, 2.24) is 19.0 Å². The fourth-order valence-corrected chi connectivity index (χ4v) is 5.00. The molecule has 2 aromatic heterocycles. The third kappa shape index (κ3) is 3.99. The Hall–Kier alpha value is -3.49. The van der Waals surface area contributed by atoms with E-state index in [2.05, 4.69) is 33.9 Å². The van der Waals surface area contributed by atoms with Crippen molar-refractivity contribution in [1.29, 1.82) is 0 Å². The zero-order chi connectivity index (χ0) is 23.7. The predicted molar refractivity (Wildman–Crippen MR) is 134 cm³/mol. The van der Waals surface area contributed by atoms with Crippen LogP contribution in [0.5, 0.6) is 0 Å². The van der Waals surface area contributed by atoms with E-state index < -0.39 is 0 Å². The monoisotopic (exact) mass is 474 g/mol. The summed E-state index contributed by atoms with van der Waals surface area (Å²) in [5.41, 5.74) is 3.09. The van der Waals surface area contributed by atoms with Crippen molar-refractivity contribution < 1.29 is 9.53 Å². The highest BCUT2D eigenvalue weighted by Crippen LogP contribution is 2.33. The van der Waals surface area contributed by atoms with Gasteiger partial charge in [0.2, 0.25) is 0 Å². The molecule has 1 aliphatic rings. The SMILES string of the molecule is COCCCn1c(=S)[nH]c2cc(C(=O)N3CCn4cccc4C3c3ccccc3)ccc2c1=O. The van der Waals surface area contributed by atoms with Gasteiger partial charge in [-0.3, -0.25) is 14.2 Å². The standard InChI is InChI=1S/C26H26N4O3S/c1-33-16-6-13-30-25(32)20-11-10-19(17-21(20)27-26(30)34)24(31)29-15-14-28-12-5-9-22(28)23(29)18-7-3-2-4-8-18/h2-5,7-12,17,23H,6,13-16H2,1H3,(H,27,34). The molecule has 3 heterocycles. The van der Waals surface area contributed by atoms with Gasteiger partial charge in [-0.25, -0.2) is 0 Å². The number of carbonyl (C=O) groups is 1. The Labute approximate surface area is 202 Å². The number of carbonyl (C=O) groups excluding carboxylic acids is 1. The molecule has 5 rings (SSSR count). The largest absolute Gasteiger partial charge is 0.385 e. The number of nitrogens with one attached hydrogen (secondary N) is 1. The number of H-pyrrole nitrogens is 1. The van der Waals surface area contributed by atoms with Gasteiger partial charge in [0.05, 0.1) is 16.9 Å². The molecule has 34 heavy (non-hydrogen) atoms. The number of hydrogen-bond acceptors (Lipinski definition) is 4. The van der Waals surface area contributed by atoms with Crippen LogP contribution in [0.1, 0.15) is 34.1 Å². The Bertz CT molecular complexity index is 1450. The molecule has 2 aromatic carbocycles. The van der Waals surface area contributed by atoms with Crippen LogP contribution in [0.4, 0.5) is 0 Å². The maximum Gasteiger partial charge on any atom is 0.262 e. The van der Waals surface area contributed by atoms with Gasteiger partial charge >= 0.3 is 0 Å². The number of hydrogen-bond donors (Lipinski definition) is 1. The van der Waals surface area contributed by atoms with Gasteiger partial charge in [0.15, 0.2) is 4.77 Å². The van der Waals surface area contributed by atoms with E-state index in [0.717, 1.165) is 17.8 Å². The van der Waals surface area contributed by atoms with E-state index in [9.17, 15) is 9.59 Å². The summed E-state index contributed by atoms with van der Waals surface area (Å²) in [6.07, 6.45) is 2.74. The van der Waals surface area contributed by atoms with Crippen LogP contribution in [0, 0.1) is 4.77 Å². The summed E-state index contributed by atoms with van der Waals surface area (Å²) in [7, 11) is 1.63. The van der Waals surface area contributed by atoms with Crippen molar-refractivity contribution in [3.8, 4) is 0 Å². The molecule has 1 aliphatic heterocycles. The molecule has 0 fully saturated rings. The van der Waals surface area contributed by atoms with E-state index in [1.807, 2.05) is 29.2 Å². The molecular weight excluding hydrogens is 448 g/mol. The second-order valence-corrected chi connectivity index (χ2v) is 8.82. The molecular formula is C26H26N4O3S. The van der Waals surface area contributed by atoms with Crippen molar-refractivity contribution in [2.45, 2.75) is 25.6 Å². The summed E-state index contributed by atoms with van der Waals surface area (Å²) in [4.78, 5) is 31.8. The summed E-state index contributed by atoms with van der Waals surface area (Å²) in [6.45, 7) is 2.36. The number of aromatic amines is 1. The molecule has 8 heteroatoms. The first-order valence-corrected chi connectivity index (χ1v) is 11.8. The van der Waals surface area contributed by atoms with Crippen LogP contribution >= 0.6 is 12.2 Å². The normalized spacial score (nSPS) is 15.4. The zero-order valence-electron chi connectivity index (χ0n) is 18.9. The lowest BCUT2D eigenvalue weighted by Crippen LogP contribution is -2.42. The van der Waals surface area contributed by atoms with E-state index in [1.165, 1.54) is 0 Å². The Morgan fingerprint density at radius 3 is 2.74 bits per heavy atom. The van der Waals surface area contributed by atoms with Crippen LogP contribution in [0.25, 0.3) is 10.9 Å². The minimum absolute atomic E-state index is 0.0770. The Morgan fingerprint density at radius 1 is 1.12 bits per heavy atom. The number of nitrogens with zero attached hydrogens (tertiary/aromatic N) is 3. The summed E-state index contributed by atoms with van der Waals surface area (Å²) in [6, 6.07) is 19.2. The van der Waals surface area contributed by atoms with Gasteiger partial charge in [0.1, 0.15) is 0 Å². The molecule has 0 saturated carbocycles. The zero-order valence-corrected chi connectivity index (χ0v) is 19.8. The van der Waals surface area contributed by atoms with Crippen LogP contribution in [-0.2, 0) is 17.8 Å². The van der Waals surface area contributed by atoms with Crippen molar-refractivity contribution in [2.75, 3.05) is 20.3 Å². The summed E-state index contributed by atoms with van der Waals surface area (Å²) in [5.74, 6) is -0.0770. The van der Waals surface area contributed by atoms with Gasteiger partial charge in [-0.2, -0.15) is 0 Å². The molecule has 0 radical (unpaired) electrons. The molecule has 4 aromatic rings. The van der Waals surface area contributed by atoms with E-state index in [4.69, 9.17) is 17.0 Å². The molecule has 1 unspecified atom stereocenters. The lowest BCUT2D eigenvalue weighted by molar-refractivity contribution is 0.0664. The molecule has 174 valence electrons. The summed E-state index contributed by atoms with van der Waals surface area (Å²) < 4.78 is 9.17. The number of aromatic nitrogens is 3. The molecule has 0 saturated heterocycles. The van der Waals surface area contributed by atoms with Gasteiger partial charge in [0, 0.05) is 50.8 Å². The Balaban J connectivity index is 1.52. The number of benzene rings is 2. The lowest BCUT2D eigenvalue weighted by atomic mass is 9.98. The quantitative estimate of drug-likeness (QED) is 0.337. The van der Waals surface area contributed by atoms with Crippen molar-refractivity contribution in [2.24, 2.45) is 0 Å². The third-order valence-electron chi connectivity index (χ3n) is 6.37. The molecule has 0 spiro atoms. The van der Waals surface area contributed by atoms with Gasteiger partial charge in [-0.05, 0) is 54.5 Å². The topological polar surface area (TPSA) is 72.3 Å². The maximum atomic E-state index is 13.7. The van der Waals surface area contributed by atoms with Gasteiger partial charge < -0.3 is 19.2 Å². The van der Waals surface area contributed by atoms with Crippen molar-refractivity contribution in [3.05, 3.63) is 98.8 Å². The second kappa shape index (κ2) is 9.40. The fraction of sp³-hybridized carbons (Fsp3) is 0.269. The molecule has 7 nitrogen and oxygen atoms in total. The summed E-state index contributed by atoms with van der Waals surface area (Å²) in [5, 5.41) is 0.509. The first-order chi connectivity index (χ1) is 16.6. The molecule has 0 aliphatic carbocycles. The predicted octanol–water partition coefficient (Wildman–Crippen LogP) is 4.14. The van der Waals surface area contributed by atoms with Gasteiger partial charge in [-0.15, -0.1) is 0 Å². The van der Waals surface area contributed by atoms with Crippen LogP contribution in [0.15, 0.2) is 71.7 Å². The number of methoxy groups -OCH3 is 1. The smallest absolute Gasteiger partial charge is 0.262 e. The van der Waals surface area contributed by atoms with Gasteiger partial charge in [0.25, 0.3) is 11.5 Å². The Morgan fingerprint density at radius 2 is 1.94 bits per heavy atom. The molecule has 0 bridgehead atoms. The van der Waals surface area contributed by atoms with Gasteiger partial charge in [-0.1, -0.05) is 30.3 Å². The Kier molecular flexibility index (Phi) is 6.17. The highest BCUT2D eigenvalue weighted by atomic mass is 32.1. The fourth-order valence-electron chi connectivity index (χ4n) is 4.71. The highest BCUT2D eigenvalue weighted by molar-refractivity contribution is 7.71. The van der Waals surface area contributed by atoms with Crippen LogP contribution in [0.3, 0.4) is 0 Å². The maximum absolute atomic E-state index is 13.7. The number of fused-ring (bicyclic) bond motifs is 2. The van der Waals surface area contributed by atoms with Crippen molar-refractivity contribution in [3.63, 3.8) is 0 Å². The number of ether oxygens (including phenoxy) is 1. The molecule has 1 amide bonds. The summed E-state index contributed by atoms with van der Waals surface area (Å²) >= 11 is 5.44. The van der Waals surface area contributed by atoms with E-state index in [1.54, 1.807) is 29.9 Å². The lowest BCUT2D eigenvalue weighted by Gasteiger charge is -2.37. The minimum Gasteiger partial charge on any atom is -0.385 e. The van der Waals surface area contributed by atoms with Crippen LogP contribution < -0.4 is 5.56 Å². The third-order valence-corrected chi connectivity index (χ3v) is 6.70. The van der Waals surface area contributed by atoms with Crippen molar-refractivity contribution >= 4 is 29.0 Å². The average Bonchev–Trinajstić information content (AvgIpc) is 3.34. The van der Waals surface area contributed by atoms with Crippen LogP contribution in [-0.4, -0.2) is 45.2 Å². The second-order valence-electron chi connectivity index (χ2n) is 8.43. The first-order valence-electron chi connectivity index (χ1n) is 11.4.